The van der Waals surface area contributed by atoms with Crippen molar-refractivity contribution in [2.75, 3.05) is 26.0 Å². The van der Waals surface area contributed by atoms with E-state index in [2.05, 4.69) is 15.2 Å². The summed E-state index contributed by atoms with van der Waals surface area (Å²) >= 11 is 0. The van der Waals surface area contributed by atoms with Gasteiger partial charge in [-0.25, -0.2) is 0 Å². The molecule has 0 unspecified atom stereocenters. The summed E-state index contributed by atoms with van der Waals surface area (Å²) in [4.78, 5) is 17.6. The SMILES string of the molecule is Cc1cncc(NC(=O)CCCN(C)C)c1. The quantitative estimate of drug-likeness (QED) is 0.822. The molecule has 1 rings (SSSR count). The van der Waals surface area contributed by atoms with Crippen LogP contribution in [0.2, 0.25) is 0 Å². The zero-order valence-corrected chi connectivity index (χ0v) is 10.2. The zero-order valence-electron chi connectivity index (χ0n) is 10.2. The molecule has 0 spiro atoms. The Balaban J connectivity index is 2.34. The van der Waals surface area contributed by atoms with Crippen LogP contribution in [0.15, 0.2) is 18.5 Å². The molecule has 0 aliphatic heterocycles. The topological polar surface area (TPSA) is 45.2 Å². The largest absolute Gasteiger partial charge is 0.325 e. The Kier molecular flexibility index (Phi) is 4.92. The average Bonchev–Trinajstić information content (AvgIpc) is 2.16. The van der Waals surface area contributed by atoms with Gasteiger partial charge in [-0.15, -0.1) is 0 Å². The first-order valence-electron chi connectivity index (χ1n) is 5.44. The Morgan fingerprint density at radius 1 is 1.44 bits per heavy atom. The van der Waals surface area contributed by atoms with Crippen molar-refractivity contribution in [3.8, 4) is 0 Å². The van der Waals surface area contributed by atoms with Crippen molar-refractivity contribution in [2.24, 2.45) is 0 Å². The monoisotopic (exact) mass is 221 g/mol. The van der Waals surface area contributed by atoms with E-state index in [1.807, 2.05) is 27.1 Å². The van der Waals surface area contributed by atoms with E-state index in [4.69, 9.17) is 0 Å². The van der Waals surface area contributed by atoms with Gasteiger partial charge in [0.1, 0.15) is 0 Å². The van der Waals surface area contributed by atoms with Crippen LogP contribution in [0.4, 0.5) is 5.69 Å². The smallest absolute Gasteiger partial charge is 0.224 e. The predicted octanol–water partition coefficient (Wildman–Crippen LogP) is 1.67. The van der Waals surface area contributed by atoms with Crippen LogP contribution in [0.25, 0.3) is 0 Å². The van der Waals surface area contributed by atoms with Crippen LogP contribution in [0.1, 0.15) is 18.4 Å². The second-order valence-corrected chi connectivity index (χ2v) is 4.21. The molecule has 1 aromatic heterocycles. The van der Waals surface area contributed by atoms with Gasteiger partial charge < -0.3 is 10.2 Å². The first-order chi connectivity index (χ1) is 7.58. The number of carbonyl (C=O) groups excluding carboxylic acids is 1. The molecule has 1 heterocycles. The summed E-state index contributed by atoms with van der Waals surface area (Å²) in [6, 6.07) is 1.91. The average molecular weight is 221 g/mol. The summed E-state index contributed by atoms with van der Waals surface area (Å²) in [7, 11) is 4.00. The standard InChI is InChI=1S/C12H19N3O/c1-10-7-11(9-13-8-10)14-12(16)5-4-6-15(2)3/h7-9H,4-6H2,1-3H3,(H,14,16). The number of hydrogen-bond donors (Lipinski definition) is 1. The molecule has 1 N–H and O–H groups in total. The van der Waals surface area contributed by atoms with E-state index in [0.717, 1.165) is 24.2 Å². The number of rotatable bonds is 5. The minimum absolute atomic E-state index is 0.0502. The summed E-state index contributed by atoms with van der Waals surface area (Å²) in [6.45, 7) is 2.88. The van der Waals surface area contributed by atoms with Crippen LogP contribution in [0.5, 0.6) is 0 Å². The number of aryl methyl sites for hydroxylation is 1. The molecule has 0 atom stereocenters. The maximum atomic E-state index is 11.5. The Morgan fingerprint density at radius 3 is 2.81 bits per heavy atom. The minimum Gasteiger partial charge on any atom is -0.325 e. The fraction of sp³-hybridized carbons (Fsp3) is 0.500. The van der Waals surface area contributed by atoms with Crippen molar-refractivity contribution in [2.45, 2.75) is 19.8 Å². The molecule has 0 bridgehead atoms. The number of nitrogens with zero attached hydrogens (tertiary/aromatic N) is 2. The maximum Gasteiger partial charge on any atom is 0.224 e. The van der Waals surface area contributed by atoms with Crippen molar-refractivity contribution in [3.05, 3.63) is 24.0 Å². The zero-order chi connectivity index (χ0) is 12.0. The highest BCUT2D eigenvalue weighted by Gasteiger charge is 2.02. The van der Waals surface area contributed by atoms with Crippen molar-refractivity contribution >= 4 is 11.6 Å². The normalized spacial score (nSPS) is 10.5. The van der Waals surface area contributed by atoms with Gasteiger partial charge in [0.15, 0.2) is 0 Å². The molecule has 16 heavy (non-hydrogen) atoms. The predicted molar refractivity (Wildman–Crippen MR) is 65.4 cm³/mol. The van der Waals surface area contributed by atoms with Crippen LogP contribution in [0.3, 0.4) is 0 Å². The van der Waals surface area contributed by atoms with Gasteiger partial charge >= 0.3 is 0 Å². The van der Waals surface area contributed by atoms with E-state index < -0.39 is 0 Å². The summed E-state index contributed by atoms with van der Waals surface area (Å²) in [5.41, 5.74) is 1.82. The number of carbonyl (C=O) groups is 1. The molecule has 4 nitrogen and oxygen atoms in total. The summed E-state index contributed by atoms with van der Waals surface area (Å²) in [5.74, 6) is 0.0502. The van der Waals surface area contributed by atoms with Crippen molar-refractivity contribution in [3.63, 3.8) is 0 Å². The lowest BCUT2D eigenvalue weighted by Gasteiger charge is -2.09. The van der Waals surface area contributed by atoms with E-state index in [9.17, 15) is 4.79 Å². The number of anilines is 1. The number of hydrogen-bond acceptors (Lipinski definition) is 3. The van der Waals surface area contributed by atoms with Gasteiger partial charge in [-0.1, -0.05) is 0 Å². The van der Waals surface area contributed by atoms with Gasteiger partial charge in [0.25, 0.3) is 0 Å². The Hall–Kier alpha value is -1.42. The van der Waals surface area contributed by atoms with Crippen LogP contribution >= 0.6 is 0 Å². The highest BCUT2D eigenvalue weighted by Crippen LogP contribution is 2.07. The maximum absolute atomic E-state index is 11.5. The molecule has 4 heteroatoms. The molecule has 1 aromatic rings. The molecule has 0 aliphatic rings. The number of aromatic nitrogens is 1. The third-order valence-corrected chi connectivity index (χ3v) is 2.17. The molecule has 0 saturated heterocycles. The first-order valence-corrected chi connectivity index (χ1v) is 5.44. The Morgan fingerprint density at radius 2 is 2.19 bits per heavy atom. The Labute approximate surface area is 96.7 Å². The van der Waals surface area contributed by atoms with Gasteiger partial charge in [-0.2, -0.15) is 0 Å². The van der Waals surface area contributed by atoms with Crippen LogP contribution in [0, 0.1) is 6.92 Å². The van der Waals surface area contributed by atoms with E-state index in [1.54, 1.807) is 12.4 Å². The Bertz CT molecular complexity index is 350. The minimum atomic E-state index is 0.0502. The fourth-order valence-corrected chi connectivity index (χ4v) is 1.40. The lowest BCUT2D eigenvalue weighted by Crippen LogP contribution is -2.17. The highest BCUT2D eigenvalue weighted by atomic mass is 16.1. The number of amides is 1. The van der Waals surface area contributed by atoms with Gasteiger partial charge in [-0.3, -0.25) is 9.78 Å². The van der Waals surface area contributed by atoms with E-state index >= 15 is 0 Å². The molecule has 0 radical (unpaired) electrons. The molecular formula is C12H19N3O. The molecule has 0 aliphatic carbocycles. The molecule has 0 fully saturated rings. The van der Waals surface area contributed by atoms with Gasteiger partial charge in [-0.05, 0) is 45.6 Å². The van der Waals surface area contributed by atoms with Crippen molar-refractivity contribution < 1.29 is 4.79 Å². The summed E-state index contributed by atoms with van der Waals surface area (Å²) in [6.07, 6.45) is 4.85. The van der Waals surface area contributed by atoms with Gasteiger partial charge in [0.05, 0.1) is 11.9 Å². The molecule has 0 saturated carbocycles. The van der Waals surface area contributed by atoms with Crippen LogP contribution < -0.4 is 5.32 Å². The number of nitrogens with one attached hydrogen (secondary N) is 1. The summed E-state index contributed by atoms with van der Waals surface area (Å²) < 4.78 is 0. The van der Waals surface area contributed by atoms with Gasteiger partial charge in [0.2, 0.25) is 5.91 Å². The third-order valence-electron chi connectivity index (χ3n) is 2.17. The lowest BCUT2D eigenvalue weighted by atomic mass is 10.2. The van der Waals surface area contributed by atoms with Crippen molar-refractivity contribution in [1.82, 2.24) is 9.88 Å². The number of pyridine rings is 1. The summed E-state index contributed by atoms with van der Waals surface area (Å²) in [5, 5.41) is 2.84. The van der Waals surface area contributed by atoms with Crippen LogP contribution in [-0.4, -0.2) is 36.4 Å². The highest BCUT2D eigenvalue weighted by molar-refractivity contribution is 5.90. The molecular weight excluding hydrogens is 202 g/mol. The van der Waals surface area contributed by atoms with E-state index in [0.29, 0.717) is 6.42 Å². The second kappa shape index (κ2) is 6.23. The van der Waals surface area contributed by atoms with Gasteiger partial charge in [0, 0.05) is 12.6 Å². The lowest BCUT2D eigenvalue weighted by molar-refractivity contribution is -0.116. The fourth-order valence-electron chi connectivity index (χ4n) is 1.40. The van der Waals surface area contributed by atoms with Crippen molar-refractivity contribution in [1.29, 1.82) is 0 Å². The van der Waals surface area contributed by atoms with E-state index in [-0.39, 0.29) is 5.91 Å². The molecule has 1 amide bonds. The first kappa shape index (κ1) is 12.6. The van der Waals surface area contributed by atoms with Crippen LogP contribution in [-0.2, 0) is 4.79 Å². The second-order valence-electron chi connectivity index (χ2n) is 4.21. The molecule has 0 aromatic carbocycles. The molecule has 88 valence electrons. The van der Waals surface area contributed by atoms with E-state index in [1.165, 1.54) is 0 Å². The third kappa shape index (κ3) is 4.89.